The molecule has 3 heterocycles. The fraction of sp³-hybridized carbons (Fsp3) is 0.200. The zero-order valence-electron chi connectivity index (χ0n) is 21.8. The molecule has 0 unspecified atom stereocenters. The predicted octanol–water partition coefficient (Wildman–Crippen LogP) is 4.82. The molecule has 0 aliphatic rings. The highest BCUT2D eigenvalue weighted by atomic mass is 16.5. The molecule has 0 saturated carbocycles. The van der Waals surface area contributed by atoms with E-state index < -0.39 is 5.91 Å². The lowest BCUT2D eigenvalue weighted by molar-refractivity contribution is 0.100. The lowest BCUT2D eigenvalue weighted by Gasteiger charge is -2.08. The molecule has 0 aliphatic heterocycles. The Morgan fingerprint density at radius 2 is 1.90 bits per heavy atom. The van der Waals surface area contributed by atoms with Gasteiger partial charge in [0.15, 0.2) is 0 Å². The third-order valence-corrected chi connectivity index (χ3v) is 6.30. The number of imidazole rings is 1. The van der Waals surface area contributed by atoms with Crippen LogP contribution in [-0.4, -0.2) is 39.0 Å². The van der Waals surface area contributed by atoms with Crippen molar-refractivity contribution in [1.82, 2.24) is 19.9 Å². The molecule has 5 aromatic rings. The number of anilines is 1. The summed E-state index contributed by atoms with van der Waals surface area (Å²) in [7, 11) is 0. The Kier molecular flexibility index (Phi) is 7.79. The van der Waals surface area contributed by atoms with Crippen LogP contribution in [0.1, 0.15) is 34.7 Å². The van der Waals surface area contributed by atoms with Gasteiger partial charge in [0, 0.05) is 27.9 Å². The van der Waals surface area contributed by atoms with E-state index in [0.29, 0.717) is 25.3 Å². The number of unbranched alkanes of at least 4 members (excludes halogenated alkanes) is 1. The fourth-order valence-electron chi connectivity index (χ4n) is 4.33. The van der Waals surface area contributed by atoms with Crippen LogP contribution in [0.5, 0.6) is 5.75 Å². The molecule has 0 fully saturated rings. The summed E-state index contributed by atoms with van der Waals surface area (Å²) >= 11 is 0. The number of H-pyrrole nitrogens is 1. The maximum Gasteiger partial charge on any atom is 0.248 e. The maximum absolute atomic E-state index is 11.6. The van der Waals surface area contributed by atoms with Crippen molar-refractivity contribution in [2.24, 2.45) is 11.5 Å². The number of carbonyl (C=O) groups excluding carboxylic acids is 1. The minimum absolute atomic E-state index is 0.414. The van der Waals surface area contributed by atoms with Crippen LogP contribution >= 0.6 is 0 Å². The molecule has 2 aromatic carbocycles. The summed E-state index contributed by atoms with van der Waals surface area (Å²) < 4.78 is 5.88. The van der Waals surface area contributed by atoms with E-state index in [1.807, 2.05) is 49.4 Å². The molecule has 1 amide bonds. The van der Waals surface area contributed by atoms with E-state index in [4.69, 9.17) is 26.2 Å². The van der Waals surface area contributed by atoms with E-state index in [2.05, 4.69) is 21.4 Å². The molecule has 5 rings (SSSR count). The number of amides is 1. The number of pyridine rings is 2. The van der Waals surface area contributed by atoms with Gasteiger partial charge in [0.2, 0.25) is 5.91 Å². The molecule has 39 heavy (non-hydrogen) atoms. The number of hydrogen-bond donors (Lipinski definition) is 4. The topological polar surface area (TPSA) is 145 Å². The molecule has 6 N–H and O–H groups in total. The van der Waals surface area contributed by atoms with Crippen molar-refractivity contribution in [2.75, 3.05) is 18.5 Å². The fourth-order valence-corrected chi connectivity index (χ4v) is 4.33. The largest absolute Gasteiger partial charge is 0.492 e. The Labute approximate surface area is 226 Å². The molecular formula is C30H31N7O2. The summed E-state index contributed by atoms with van der Waals surface area (Å²) in [4.78, 5) is 29.2. The van der Waals surface area contributed by atoms with Crippen LogP contribution < -0.4 is 21.5 Å². The van der Waals surface area contributed by atoms with Crippen molar-refractivity contribution < 1.29 is 9.53 Å². The second-order valence-electron chi connectivity index (χ2n) is 9.29. The van der Waals surface area contributed by atoms with Gasteiger partial charge in [0.05, 0.1) is 36.3 Å². The van der Waals surface area contributed by atoms with Crippen LogP contribution in [0.4, 0.5) is 5.69 Å². The summed E-state index contributed by atoms with van der Waals surface area (Å²) in [6.07, 6.45) is 3.58. The van der Waals surface area contributed by atoms with E-state index in [0.717, 1.165) is 69.3 Å². The highest BCUT2D eigenvalue weighted by Crippen LogP contribution is 2.32. The van der Waals surface area contributed by atoms with E-state index in [-0.39, 0.29) is 0 Å². The van der Waals surface area contributed by atoms with E-state index in [9.17, 15) is 4.79 Å². The number of nitrogens with two attached hydrogens (primary N) is 2. The monoisotopic (exact) mass is 521 g/mol. The number of nitrogens with one attached hydrogen (secondary N) is 2. The zero-order valence-corrected chi connectivity index (χ0v) is 21.8. The zero-order chi connectivity index (χ0) is 27.2. The average Bonchev–Trinajstić information content (AvgIpc) is 3.38. The number of rotatable bonds is 11. The van der Waals surface area contributed by atoms with Gasteiger partial charge in [-0.25, -0.2) is 4.98 Å². The van der Waals surface area contributed by atoms with Crippen molar-refractivity contribution in [3.63, 3.8) is 0 Å². The standard InChI is InChI=1S/C30H31N7O2/c1-19-6-4-9-26(35-19)29-28(36-27(37-29)18-33-23-8-5-7-21(15-23)30(32)38)20-10-11-25-22(14-20)16-24(17-34-25)39-13-3-2-12-31/h4-11,14-17,33H,2-3,12-13,18,31H2,1H3,(H2,32,38)(H,36,37). The van der Waals surface area contributed by atoms with Crippen LogP contribution in [0, 0.1) is 6.92 Å². The molecule has 9 heteroatoms. The molecule has 0 aliphatic carbocycles. The number of nitrogens with zero attached hydrogens (tertiary/aromatic N) is 3. The SMILES string of the molecule is Cc1cccc(-c2nc(CNc3cccc(C(N)=O)c3)[nH]c2-c2ccc3ncc(OCCCCN)cc3c2)n1. The lowest BCUT2D eigenvalue weighted by atomic mass is 10.1. The molecule has 0 saturated heterocycles. The Hall–Kier alpha value is -4.76. The molecular weight excluding hydrogens is 490 g/mol. The van der Waals surface area contributed by atoms with Crippen LogP contribution in [0.2, 0.25) is 0 Å². The Bertz CT molecular complexity index is 1610. The molecule has 0 bridgehead atoms. The minimum atomic E-state index is -0.471. The van der Waals surface area contributed by atoms with Gasteiger partial charge in [-0.3, -0.25) is 14.8 Å². The number of primary amides is 1. The van der Waals surface area contributed by atoms with Gasteiger partial charge in [-0.05, 0) is 74.8 Å². The van der Waals surface area contributed by atoms with Crippen LogP contribution in [0.15, 0.2) is 72.9 Å². The number of aromatic amines is 1. The number of hydrogen-bond acceptors (Lipinski definition) is 7. The Morgan fingerprint density at radius 3 is 2.72 bits per heavy atom. The Morgan fingerprint density at radius 1 is 1.03 bits per heavy atom. The summed E-state index contributed by atoms with van der Waals surface area (Å²) in [5.74, 6) is 0.981. The van der Waals surface area contributed by atoms with Crippen LogP contribution in [-0.2, 0) is 6.54 Å². The number of aromatic nitrogens is 4. The first-order chi connectivity index (χ1) is 19.0. The lowest BCUT2D eigenvalue weighted by Crippen LogP contribution is -2.11. The highest BCUT2D eigenvalue weighted by molar-refractivity contribution is 5.93. The molecule has 0 spiro atoms. The summed E-state index contributed by atoms with van der Waals surface area (Å²) in [5, 5.41) is 4.28. The smallest absolute Gasteiger partial charge is 0.248 e. The summed E-state index contributed by atoms with van der Waals surface area (Å²) in [6.45, 7) is 3.63. The molecule has 0 radical (unpaired) electrons. The maximum atomic E-state index is 11.6. The van der Waals surface area contributed by atoms with E-state index >= 15 is 0 Å². The van der Waals surface area contributed by atoms with Gasteiger partial charge in [-0.2, -0.15) is 0 Å². The first-order valence-electron chi connectivity index (χ1n) is 12.9. The third kappa shape index (κ3) is 6.22. The van der Waals surface area contributed by atoms with Gasteiger partial charge in [-0.1, -0.05) is 18.2 Å². The Balaban J connectivity index is 1.47. The van der Waals surface area contributed by atoms with Gasteiger partial charge >= 0.3 is 0 Å². The van der Waals surface area contributed by atoms with Crippen molar-refractivity contribution in [2.45, 2.75) is 26.3 Å². The van der Waals surface area contributed by atoms with Gasteiger partial charge in [-0.15, -0.1) is 0 Å². The second kappa shape index (κ2) is 11.7. The first kappa shape index (κ1) is 25.9. The predicted molar refractivity (Wildman–Crippen MR) is 153 cm³/mol. The van der Waals surface area contributed by atoms with Crippen molar-refractivity contribution >= 4 is 22.5 Å². The van der Waals surface area contributed by atoms with E-state index in [1.54, 1.807) is 24.4 Å². The molecule has 0 atom stereocenters. The van der Waals surface area contributed by atoms with Gasteiger partial charge in [0.25, 0.3) is 0 Å². The number of fused-ring (bicyclic) bond motifs is 1. The summed E-state index contributed by atoms with van der Waals surface area (Å²) in [5.41, 5.74) is 17.3. The van der Waals surface area contributed by atoms with Crippen molar-refractivity contribution in [3.05, 3.63) is 90.0 Å². The average molecular weight is 522 g/mol. The summed E-state index contributed by atoms with van der Waals surface area (Å²) in [6, 6.07) is 21.1. The molecule has 9 nitrogen and oxygen atoms in total. The number of benzene rings is 2. The van der Waals surface area contributed by atoms with Gasteiger partial charge < -0.3 is 26.5 Å². The van der Waals surface area contributed by atoms with Crippen molar-refractivity contribution in [1.29, 1.82) is 0 Å². The molecule has 3 aromatic heterocycles. The van der Waals surface area contributed by atoms with Crippen LogP contribution in [0.3, 0.4) is 0 Å². The normalized spacial score (nSPS) is 11.0. The quantitative estimate of drug-likeness (QED) is 0.182. The van der Waals surface area contributed by atoms with E-state index in [1.165, 1.54) is 0 Å². The third-order valence-electron chi connectivity index (χ3n) is 6.30. The first-order valence-corrected chi connectivity index (χ1v) is 12.9. The minimum Gasteiger partial charge on any atom is -0.492 e. The van der Waals surface area contributed by atoms with Gasteiger partial charge in [0.1, 0.15) is 17.3 Å². The second-order valence-corrected chi connectivity index (χ2v) is 9.29. The molecule has 198 valence electrons. The number of carbonyl (C=O) groups is 1. The van der Waals surface area contributed by atoms with Crippen molar-refractivity contribution in [3.8, 4) is 28.4 Å². The number of ether oxygens (including phenoxy) is 1. The highest BCUT2D eigenvalue weighted by Gasteiger charge is 2.16. The number of aryl methyl sites for hydroxylation is 1. The van der Waals surface area contributed by atoms with Crippen LogP contribution in [0.25, 0.3) is 33.5 Å².